The lowest BCUT2D eigenvalue weighted by atomic mass is 10.0. The molecule has 1 heterocycles. The molecular weight excluding hydrogens is 334 g/mol. The predicted octanol–water partition coefficient (Wildman–Crippen LogP) is 3.04. The fourth-order valence-electron chi connectivity index (χ4n) is 3.71. The van der Waals surface area contributed by atoms with Crippen LogP contribution in [0.4, 0.5) is 0 Å². The number of rotatable bonds is 3. The first-order chi connectivity index (χ1) is 12.0. The smallest absolute Gasteiger partial charge is 0.243 e. The maximum atomic E-state index is 12.9. The quantitative estimate of drug-likeness (QED) is 0.852. The maximum absolute atomic E-state index is 12.9. The average Bonchev–Trinajstić information content (AvgIpc) is 3.13. The van der Waals surface area contributed by atoms with Crippen LogP contribution < -0.4 is 0 Å². The second-order valence-electron chi connectivity index (χ2n) is 6.70. The summed E-state index contributed by atoms with van der Waals surface area (Å²) in [5, 5.41) is 0. The van der Waals surface area contributed by atoms with E-state index in [0.717, 1.165) is 16.7 Å². The molecule has 0 spiro atoms. The molecule has 1 aliphatic carbocycles. The SMILES string of the molecule is Cc1ccc(S(=O)(=O)N2CC3=C(c4ccccc4)C(=O)C[C@H]3C2)cc1. The molecule has 1 fully saturated rings. The Bertz CT molecular complexity index is 960. The van der Waals surface area contributed by atoms with Gasteiger partial charge >= 0.3 is 0 Å². The number of carbonyl (C=O) groups excluding carboxylic acids is 1. The first-order valence-electron chi connectivity index (χ1n) is 8.35. The van der Waals surface area contributed by atoms with Gasteiger partial charge in [0.15, 0.2) is 5.78 Å². The molecule has 4 nitrogen and oxygen atoms in total. The molecule has 1 atom stereocenters. The number of nitrogens with zero attached hydrogens (tertiary/aromatic N) is 1. The third-order valence-corrected chi connectivity index (χ3v) is 6.84. The van der Waals surface area contributed by atoms with E-state index in [1.54, 1.807) is 12.1 Å². The number of fused-ring (bicyclic) bond motifs is 1. The van der Waals surface area contributed by atoms with Crippen molar-refractivity contribution < 1.29 is 13.2 Å². The Balaban J connectivity index is 1.70. The van der Waals surface area contributed by atoms with Crippen LogP contribution in [0, 0.1) is 12.8 Å². The minimum atomic E-state index is -3.53. The minimum absolute atomic E-state index is 0.00271. The van der Waals surface area contributed by atoms with Gasteiger partial charge in [0.05, 0.1) is 4.90 Å². The largest absolute Gasteiger partial charge is 0.294 e. The van der Waals surface area contributed by atoms with E-state index in [4.69, 9.17) is 0 Å². The number of ketones is 1. The topological polar surface area (TPSA) is 54.5 Å². The molecule has 2 aromatic rings. The van der Waals surface area contributed by atoms with E-state index in [9.17, 15) is 13.2 Å². The number of sulfonamides is 1. The van der Waals surface area contributed by atoms with E-state index in [1.165, 1.54) is 4.31 Å². The summed E-state index contributed by atoms with van der Waals surface area (Å²) < 4.78 is 27.3. The molecule has 1 saturated heterocycles. The molecule has 1 aliphatic heterocycles. The maximum Gasteiger partial charge on any atom is 0.243 e. The second kappa shape index (κ2) is 5.93. The van der Waals surface area contributed by atoms with Crippen molar-refractivity contribution in [2.45, 2.75) is 18.2 Å². The second-order valence-corrected chi connectivity index (χ2v) is 8.64. The first-order valence-corrected chi connectivity index (χ1v) is 9.79. The highest BCUT2D eigenvalue weighted by Crippen LogP contribution is 2.41. The van der Waals surface area contributed by atoms with Crippen molar-refractivity contribution in [2.24, 2.45) is 5.92 Å². The van der Waals surface area contributed by atoms with Crippen molar-refractivity contribution in [1.82, 2.24) is 4.31 Å². The highest BCUT2D eigenvalue weighted by atomic mass is 32.2. The van der Waals surface area contributed by atoms with Crippen molar-refractivity contribution in [3.8, 4) is 0 Å². The van der Waals surface area contributed by atoms with Crippen LogP contribution in [0.5, 0.6) is 0 Å². The summed E-state index contributed by atoms with van der Waals surface area (Å²) in [4.78, 5) is 12.7. The number of hydrogen-bond acceptors (Lipinski definition) is 3. The van der Waals surface area contributed by atoms with Crippen LogP contribution in [0.2, 0.25) is 0 Å². The van der Waals surface area contributed by atoms with Gasteiger partial charge in [-0.15, -0.1) is 0 Å². The van der Waals surface area contributed by atoms with Crippen molar-refractivity contribution in [3.05, 3.63) is 71.3 Å². The van der Waals surface area contributed by atoms with Crippen LogP contribution in [0.3, 0.4) is 0 Å². The summed E-state index contributed by atoms with van der Waals surface area (Å²) in [6.07, 6.45) is 0.402. The lowest BCUT2D eigenvalue weighted by Crippen LogP contribution is -2.29. The Kier molecular flexibility index (Phi) is 3.85. The fraction of sp³-hybridized carbons (Fsp3) is 0.250. The highest BCUT2D eigenvalue weighted by Gasteiger charge is 2.43. The molecule has 4 rings (SSSR count). The van der Waals surface area contributed by atoms with Gasteiger partial charge in [-0.25, -0.2) is 8.42 Å². The van der Waals surface area contributed by atoms with Gasteiger partial charge in [-0.3, -0.25) is 4.79 Å². The van der Waals surface area contributed by atoms with E-state index >= 15 is 0 Å². The Labute approximate surface area is 147 Å². The van der Waals surface area contributed by atoms with Gasteiger partial charge in [0.1, 0.15) is 0 Å². The Hall–Kier alpha value is -2.24. The van der Waals surface area contributed by atoms with Crippen LogP contribution in [-0.2, 0) is 14.8 Å². The van der Waals surface area contributed by atoms with Crippen molar-refractivity contribution in [1.29, 1.82) is 0 Å². The summed E-state index contributed by atoms with van der Waals surface area (Å²) in [7, 11) is -3.53. The number of hydrogen-bond donors (Lipinski definition) is 0. The molecule has 0 amide bonds. The number of aryl methyl sites for hydroxylation is 1. The van der Waals surface area contributed by atoms with E-state index in [-0.39, 0.29) is 11.7 Å². The van der Waals surface area contributed by atoms with Gasteiger partial charge in [0.2, 0.25) is 10.0 Å². The summed E-state index contributed by atoms with van der Waals surface area (Å²) in [6.45, 7) is 2.61. The van der Waals surface area contributed by atoms with Crippen molar-refractivity contribution >= 4 is 21.4 Å². The molecule has 0 aromatic heterocycles. The van der Waals surface area contributed by atoms with Gasteiger partial charge in [-0.2, -0.15) is 4.31 Å². The fourth-order valence-corrected chi connectivity index (χ4v) is 5.17. The first kappa shape index (κ1) is 16.2. The Morgan fingerprint density at radius 3 is 2.36 bits per heavy atom. The number of Topliss-reactive ketones (excluding diaryl/α,β-unsaturated/α-hetero) is 1. The standard InChI is InChI=1S/C20H19NO3S/c1-14-7-9-17(10-8-14)25(23,24)21-12-16-11-19(22)20(18(16)13-21)15-5-3-2-4-6-15/h2-10,16H,11-13H2,1H3/t16-/m0/s1. The van der Waals surface area contributed by atoms with E-state index in [0.29, 0.717) is 30.0 Å². The molecular formula is C20H19NO3S. The predicted molar refractivity (Wildman–Crippen MR) is 96.4 cm³/mol. The average molecular weight is 353 g/mol. The van der Waals surface area contributed by atoms with Gasteiger partial charge in [0, 0.05) is 31.0 Å². The number of carbonyl (C=O) groups is 1. The van der Waals surface area contributed by atoms with Crippen LogP contribution in [0.1, 0.15) is 17.5 Å². The molecule has 0 unspecified atom stereocenters. The molecule has 0 N–H and O–H groups in total. The Morgan fingerprint density at radius 2 is 1.68 bits per heavy atom. The molecule has 0 bridgehead atoms. The van der Waals surface area contributed by atoms with Gasteiger partial charge < -0.3 is 0 Å². The van der Waals surface area contributed by atoms with Crippen LogP contribution >= 0.6 is 0 Å². The highest BCUT2D eigenvalue weighted by molar-refractivity contribution is 7.89. The van der Waals surface area contributed by atoms with Crippen LogP contribution in [0.15, 0.2) is 65.1 Å². The normalized spacial score (nSPS) is 21.0. The summed E-state index contributed by atoms with van der Waals surface area (Å²) in [5.74, 6) is 0.126. The van der Waals surface area contributed by atoms with Gasteiger partial charge in [-0.1, -0.05) is 48.0 Å². The molecule has 25 heavy (non-hydrogen) atoms. The minimum Gasteiger partial charge on any atom is -0.294 e. The molecule has 5 heteroatoms. The number of allylic oxidation sites excluding steroid dienone is 1. The molecule has 128 valence electrons. The van der Waals surface area contributed by atoms with Crippen LogP contribution in [0.25, 0.3) is 5.57 Å². The summed E-state index contributed by atoms with van der Waals surface area (Å²) in [6, 6.07) is 16.5. The Morgan fingerprint density at radius 1 is 1.00 bits per heavy atom. The monoisotopic (exact) mass is 353 g/mol. The molecule has 2 aromatic carbocycles. The summed E-state index contributed by atoms with van der Waals surface area (Å²) in [5.41, 5.74) is 3.59. The van der Waals surface area contributed by atoms with E-state index in [2.05, 4.69) is 0 Å². The van der Waals surface area contributed by atoms with E-state index in [1.807, 2.05) is 49.4 Å². The third kappa shape index (κ3) is 2.73. The zero-order valence-corrected chi connectivity index (χ0v) is 14.8. The zero-order valence-electron chi connectivity index (χ0n) is 14.0. The van der Waals surface area contributed by atoms with Crippen molar-refractivity contribution in [2.75, 3.05) is 13.1 Å². The molecule has 0 radical (unpaired) electrons. The lowest BCUT2D eigenvalue weighted by Gasteiger charge is -2.17. The van der Waals surface area contributed by atoms with Gasteiger partial charge in [0.25, 0.3) is 0 Å². The molecule has 0 saturated carbocycles. The van der Waals surface area contributed by atoms with Gasteiger partial charge in [-0.05, 0) is 30.2 Å². The summed E-state index contributed by atoms with van der Waals surface area (Å²) >= 11 is 0. The lowest BCUT2D eigenvalue weighted by molar-refractivity contribution is -0.113. The number of benzene rings is 2. The van der Waals surface area contributed by atoms with E-state index < -0.39 is 10.0 Å². The molecule has 2 aliphatic rings. The zero-order chi connectivity index (χ0) is 17.6. The van der Waals surface area contributed by atoms with Crippen molar-refractivity contribution in [3.63, 3.8) is 0 Å². The van der Waals surface area contributed by atoms with Crippen LogP contribution in [-0.4, -0.2) is 31.6 Å². The third-order valence-electron chi connectivity index (χ3n) is 5.02.